The molecule has 0 saturated heterocycles. The van der Waals surface area contributed by atoms with Crippen LogP contribution < -0.4 is 5.73 Å². The molecule has 7 heteroatoms. The van der Waals surface area contributed by atoms with E-state index < -0.39 is 23.8 Å². The lowest BCUT2D eigenvalue weighted by Gasteiger charge is -2.13. The summed E-state index contributed by atoms with van der Waals surface area (Å²) in [6, 6.07) is 3.58. The van der Waals surface area contributed by atoms with Crippen LogP contribution in [0.1, 0.15) is 5.56 Å². The topological polar surface area (TPSA) is 69.2 Å². The maximum absolute atomic E-state index is 12.9. The molecule has 0 amide bonds. The van der Waals surface area contributed by atoms with Crippen LogP contribution in [-0.2, 0) is 6.42 Å². The molecule has 0 aliphatic rings. The van der Waals surface area contributed by atoms with Gasteiger partial charge in [-0.2, -0.15) is 0 Å². The second-order valence-electron chi connectivity index (χ2n) is 3.28. The molecule has 0 fully saturated rings. The molecular formula is C9H9ClF2N2O2. The van der Waals surface area contributed by atoms with Gasteiger partial charge in [-0.1, -0.05) is 17.7 Å². The number of alkyl halides is 2. The van der Waals surface area contributed by atoms with Crippen LogP contribution >= 0.6 is 11.6 Å². The minimum absolute atomic E-state index is 0.0789. The Kier molecular flexibility index (Phi) is 3.77. The van der Waals surface area contributed by atoms with Crippen molar-refractivity contribution < 1.29 is 13.7 Å². The second kappa shape index (κ2) is 4.71. The summed E-state index contributed by atoms with van der Waals surface area (Å²) < 4.78 is 25.9. The minimum Gasteiger partial charge on any atom is -0.325 e. The van der Waals surface area contributed by atoms with Crippen LogP contribution in [0.5, 0.6) is 0 Å². The summed E-state index contributed by atoms with van der Waals surface area (Å²) in [7, 11) is 0. The molecular weight excluding hydrogens is 242 g/mol. The van der Waals surface area contributed by atoms with Gasteiger partial charge in [-0.25, -0.2) is 8.78 Å². The van der Waals surface area contributed by atoms with Crippen LogP contribution in [0.25, 0.3) is 0 Å². The molecule has 0 bridgehead atoms. The van der Waals surface area contributed by atoms with Gasteiger partial charge in [0.2, 0.25) is 0 Å². The Morgan fingerprint density at radius 3 is 2.62 bits per heavy atom. The van der Waals surface area contributed by atoms with E-state index in [-0.39, 0.29) is 16.3 Å². The van der Waals surface area contributed by atoms with Gasteiger partial charge in [-0.15, -0.1) is 0 Å². The number of hydrogen-bond acceptors (Lipinski definition) is 3. The third kappa shape index (κ3) is 3.11. The summed E-state index contributed by atoms with van der Waals surface area (Å²) in [5, 5.41) is 10.4. The van der Waals surface area contributed by atoms with Crippen LogP contribution in [0, 0.1) is 10.1 Å². The lowest BCUT2D eigenvalue weighted by atomic mass is 10.1. The lowest BCUT2D eigenvalue weighted by Crippen LogP contribution is -2.30. The molecule has 0 heterocycles. The first-order valence-electron chi connectivity index (χ1n) is 4.36. The van der Waals surface area contributed by atoms with Gasteiger partial charge in [0.05, 0.1) is 11.5 Å². The van der Waals surface area contributed by atoms with Crippen molar-refractivity contribution >= 4 is 17.3 Å². The molecule has 0 saturated carbocycles. The first-order valence-corrected chi connectivity index (χ1v) is 4.74. The minimum atomic E-state index is -3.07. The van der Waals surface area contributed by atoms with Crippen molar-refractivity contribution in [2.45, 2.75) is 12.3 Å². The highest BCUT2D eigenvalue weighted by atomic mass is 35.5. The standard InChI is InChI=1S/C9H9ClF2N2O2/c10-7-2-1-6(3-8(7)14(15)16)4-9(11,12)5-13/h1-3H,4-5,13H2. The van der Waals surface area contributed by atoms with Crippen molar-refractivity contribution in [1.29, 1.82) is 0 Å². The smallest absolute Gasteiger partial charge is 0.288 e. The number of halogens is 3. The molecule has 1 rings (SSSR count). The zero-order valence-electron chi connectivity index (χ0n) is 8.12. The maximum Gasteiger partial charge on any atom is 0.288 e. The lowest BCUT2D eigenvalue weighted by molar-refractivity contribution is -0.384. The third-order valence-electron chi connectivity index (χ3n) is 1.97. The number of nitro groups is 1. The Bertz CT molecular complexity index is 412. The Hall–Kier alpha value is -1.27. The molecule has 0 aliphatic heterocycles. The molecule has 1 aromatic rings. The fraction of sp³-hybridized carbons (Fsp3) is 0.333. The molecule has 0 atom stereocenters. The molecule has 16 heavy (non-hydrogen) atoms. The van der Waals surface area contributed by atoms with Crippen LogP contribution in [0.4, 0.5) is 14.5 Å². The summed E-state index contributed by atoms with van der Waals surface area (Å²) in [4.78, 5) is 9.80. The summed E-state index contributed by atoms with van der Waals surface area (Å²) in [6.45, 7) is -0.802. The Labute approximate surface area is 95.2 Å². The van der Waals surface area contributed by atoms with E-state index >= 15 is 0 Å². The van der Waals surface area contributed by atoms with Gasteiger partial charge in [0, 0.05) is 12.5 Å². The largest absolute Gasteiger partial charge is 0.325 e. The summed E-state index contributed by atoms with van der Waals surface area (Å²) in [6.07, 6.45) is -0.637. The highest BCUT2D eigenvalue weighted by Crippen LogP contribution is 2.27. The summed E-state index contributed by atoms with van der Waals surface area (Å²) >= 11 is 5.54. The average molecular weight is 251 g/mol. The Morgan fingerprint density at radius 2 is 2.12 bits per heavy atom. The van der Waals surface area contributed by atoms with Crippen LogP contribution in [0.2, 0.25) is 5.02 Å². The zero-order chi connectivity index (χ0) is 12.3. The van der Waals surface area contributed by atoms with Crippen molar-refractivity contribution in [2.75, 3.05) is 6.54 Å². The van der Waals surface area contributed by atoms with E-state index in [1.807, 2.05) is 0 Å². The first kappa shape index (κ1) is 12.8. The molecule has 0 aliphatic carbocycles. The molecule has 2 N–H and O–H groups in total. The molecule has 0 radical (unpaired) electrons. The molecule has 0 unspecified atom stereocenters. The van der Waals surface area contributed by atoms with Crippen molar-refractivity contribution in [2.24, 2.45) is 5.73 Å². The monoisotopic (exact) mass is 250 g/mol. The van der Waals surface area contributed by atoms with Crippen LogP contribution in [0.15, 0.2) is 18.2 Å². The van der Waals surface area contributed by atoms with E-state index in [4.69, 9.17) is 17.3 Å². The van der Waals surface area contributed by atoms with Gasteiger partial charge in [0.15, 0.2) is 0 Å². The highest BCUT2D eigenvalue weighted by Gasteiger charge is 2.28. The quantitative estimate of drug-likeness (QED) is 0.659. The molecule has 1 aromatic carbocycles. The van der Waals surface area contributed by atoms with Crippen molar-refractivity contribution in [3.63, 3.8) is 0 Å². The van der Waals surface area contributed by atoms with Gasteiger partial charge in [-0.05, 0) is 11.6 Å². The maximum atomic E-state index is 12.9. The average Bonchev–Trinajstić information content (AvgIpc) is 2.20. The van der Waals surface area contributed by atoms with E-state index in [2.05, 4.69) is 0 Å². The molecule has 4 nitrogen and oxygen atoms in total. The Balaban J connectivity index is 3.00. The number of nitrogens with two attached hydrogens (primary N) is 1. The SMILES string of the molecule is NCC(F)(F)Cc1ccc(Cl)c([N+](=O)[O-])c1. The van der Waals surface area contributed by atoms with Gasteiger partial charge < -0.3 is 5.73 Å². The first-order chi connectivity index (χ1) is 7.35. The molecule has 0 aromatic heterocycles. The van der Waals surface area contributed by atoms with E-state index in [0.717, 1.165) is 6.07 Å². The van der Waals surface area contributed by atoms with Crippen molar-refractivity contribution in [3.05, 3.63) is 38.9 Å². The normalized spacial score (nSPS) is 11.5. The fourth-order valence-electron chi connectivity index (χ4n) is 1.18. The summed E-state index contributed by atoms with van der Waals surface area (Å²) in [5.74, 6) is -3.07. The number of rotatable bonds is 4. The van der Waals surface area contributed by atoms with E-state index in [1.165, 1.54) is 12.1 Å². The van der Waals surface area contributed by atoms with Gasteiger partial charge >= 0.3 is 0 Å². The number of nitrogens with zero attached hydrogens (tertiary/aromatic N) is 1. The number of hydrogen-bond donors (Lipinski definition) is 1. The molecule has 88 valence electrons. The fourth-order valence-corrected chi connectivity index (χ4v) is 1.37. The van der Waals surface area contributed by atoms with Crippen LogP contribution in [-0.4, -0.2) is 17.4 Å². The third-order valence-corrected chi connectivity index (χ3v) is 2.29. The predicted octanol–water partition coefficient (Wildman–Crippen LogP) is 2.38. The van der Waals surface area contributed by atoms with Gasteiger partial charge in [0.25, 0.3) is 11.6 Å². The van der Waals surface area contributed by atoms with Crippen LogP contribution in [0.3, 0.4) is 0 Å². The van der Waals surface area contributed by atoms with E-state index in [9.17, 15) is 18.9 Å². The van der Waals surface area contributed by atoms with Crippen molar-refractivity contribution in [1.82, 2.24) is 0 Å². The van der Waals surface area contributed by atoms with Gasteiger partial charge in [-0.3, -0.25) is 10.1 Å². The second-order valence-corrected chi connectivity index (χ2v) is 3.69. The van der Waals surface area contributed by atoms with E-state index in [0.29, 0.717) is 0 Å². The van der Waals surface area contributed by atoms with Crippen molar-refractivity contribution in [3.8, 4) is 0 Å². The Morgan fingerprint density at radius 1 is 1.50 bits per heavy atom. The molecule has 0 spiro atoms. The van der Waals surface area contributed by atoms with Gasteiger partial charge in [0.1, 0.15) is 5.02 Å². The number of nitro benzene ring substituents is 1. The summed E-state index contributed by atoms with van der Waals surface area (Å²) in [5.41, 5.74) is 4.62. The van der Waals surface area contributed by atoms with E-state index in [1.54, 1.807) is 0 Å². The zero-order valence-corrected chi connectivity index (χ0v) is 8.88. The number of benzene rings is 1. The highest BCUT2D eigenvalue weighted by molar-refractivity contribution is 6.32. The predicted molar refractivity (Wildman–Crippen MR) is 55.8 cm³/mol.